The Bertz CT molecular complexity index is 572. The molecule has 0 spiro atoms. The fourth-order valence-corrected chi connectivity index (χ4v) is 2.37. The van der Waals surface area contributed by atoms with Gasteiger partial charge in [-0.05, 0) is 30.4 Å². The summed E-state index contributed by atoms with van der Waals surface area (Å²) < 4.78 is 5.59. The van der Waals surface area contributed by atoms with Crippen LogP contribution in [-0.4, -0.2) is 22.8 Å². The number of hydrogen-bond acceptors (Lipinski definition) is 3. The van der Waals surface area contributed by atoms with Crippen molar-refractivity contribution in [1.29, 1.82) is 0 Å². The van der Waals surface area contributed by atoms with E-state index in [-0.39, 0.29) is 0 Å². The predicted molar refractivity (Wildman–Crippen MR) is 88.1 cm³/mol. The van der Waals surface area contributed by atoms with Crippen LogP contribution in [0.4, 0.5) is 0 Å². The van der Waals surface area contributed by atoms with Crippen LogP contribution in [0.3, 0.4) is 0 Å². The molecule has 118 valence electrons. The maximum absolute atomic E-state index is 5.59. The summed E-state index contributed by atoms with van der Waals surface area (Å²) in [6.45, 7) is 3.87. The number of nitrogens with zero attached hydrogens (tertiary/aromatic N) is 1. The maximum Gasteiger partial charge on any atom is 0.232 e. The summed E-state index contributed by atoms with van der Waals surface area (Å²) in [4.78, 5) is 0. The van der Waals surface area contributed by atoms with Crippen LogP contribution in [-0.2, 0) is 13.0 Å². The van der Waals surface area contributed by atoms with Crippen LogP contribution in [0.25, 0.3) is 0 Å². The van der Waals surface area contributed by atoms with Gasteiger partial charge >= 0.3 is 0 Å². The van der Waals surface area contributed by atoms with Crippen molar-refractivity contribution in [1.82, 2.24) is 15.5 Å². The number of rotatable bonds is 9. The van der Waals surface area contributed by atoms with Gasteiger partial charge in [0.1, 0.15) is 0 Å². The number of hydrogen-bond donors (Lipinski definition) is 2. The summed E-state index contributed by atoms with van der Waals surface area (Å²) in [6, 6.07) is 11.6. The van der Waals surface area contributed by atoms with Gasteiger partial charge in [0, 0.05) is 30.8 Å². The molecule has 0 aliphatic heterocycles. The Balaban J connectivity index is 1.49. The first-order valence-corrected chi connectivity index (χ1v) is 8.32. The van der Waals surface area contributed by atoms with Crippen LogP contribution >= 0.6 is 0 Å². The van der Waals surface area contributed by atoms with Gasteiger partial charge in [-0.15, -0.1) is 5.10 Å². The minimum absolute atomic E-state index is 0.703. The van der Waals surface area contributed by atoms with E-state index < -0.39 is 0 Å². The van der Waals surface area contributed by atoms with Crippen LogP contribution in [0.1, 0.15) is 49.4 Å². The zero-order valence-electron chi connectivity index (χ0n) is 13.3. The Labute approximate surface area is 132 Å². The molecular formula is C18H25N3O. The van der Waals surface area contributed by atoms with E-state index in [1.807, 2.05) is 6.07 Å². The lowest BCUT2D eigenvalue weighted by Crippen LogP contribution is -2.15. The Hall–Kier alpha value is -1.81. The van der Waals surface area contributed by atoms with Gasteiger partial charge in [-0.2, -0.15) is 0 Å². The number of ether oxygens (including phenoxy) is 1. The smallest absolute Gasteiger partial charge is 0.232 e. The van der Waals surface area contributed by atoms with E-state index in [1.165, 1.54) is 24.0 Å². The third-order valence-corrected chi connectivity index (χ3v) is 3.95. The molecular weight excluding hydrogens is 274 g/mol. The maximum atomic E-state index is 5.59. The molecule has 4 heteroatoms. The number of nitrogens with one attached hydrogen (secondary N) is 2. The van der Waals surface area contributed by atoms with Gasteiger partial charge in [0.2, 0.25) is 5.88 Å². The quantitative estimate of drug-likeness (QED) is 0.697. The summed E-state index contributed by atoms with van der Waals surface area (Å²) in [5.74, 6) is 0.703. The van der Waals surface area contributed by atoms with Crippen molar-refractivity contribution in [3.8, 4) is 5.88 Å². The van der Waals surface area contributed by atoms with Gasteiger partial charge in [-0.3, -0.25) is 5.10 Å². The first-order chi connectivity index (χ1) is 10.8. The minimum atomic E-state index is 0.703. The molecule has 22 heavy (non-hydrogen) atoms. The molecule has 1 aromatic heterocycles. The molecule has 0 atom stereocenters. The highest BCUT2D eigenvalue weighted by atomic mass is 16.5. The second-order valence-electron chi connectivity index (χ2n) is 6.08. The third-order valence-electron chi connectivity index (χ3n) is 3.95. The topological polar surface area (TPSA) is 49.9 Å². The highest BCUT2D eigenvalue weighted by Gasteiger charge is 2.19. The molecule has 3 rings (SSSR count). The largest absolute Gasteiger partial charge is 0.477 e. The van der Waals surface area contributed by atoms with E-state index in [1.54, 1.807) is 0 Å². The van der Waals surface area contributed by atoms with Crippen LogP contribution in [0, 0.1) is 0 Å². The van der Waals surface area contributed by atoms with Crippen LogP contribution < -0.4 is 10.1 Å². The summed E-state index contributed by atoms with van der Waals surface area (Å²) in [6.07, 6.45) is 5.74. The van der Waals surface area contributed by atoms with Crippen molar-refractivity contribution >= 4 is 0 Å². The summed E-state index contributed by atoms with van der Waals surface area (Å²) in [7, 11) is 0. The number of unbranched alkanes of at least 4 members (excludes halogenated alkanes) is 1. The first-order valence-electron chi connectivity index (χ1n) is 8.32. The van der Waals surface area contributed by atoms with Gasteiger partial charge in [-0.1, -0.05) is 37.6 Å². The highest BCUT2D eigenvalue weighted by Crippen LogP contribution is 2.19. The van der Waals surface area contributed by atoms with Crippen LogP contribution in [0.5, 0.6) is 5.88 Å². The van der Waals surface area contributed by atoms with Gasteiger partial charge < -0.3 is 10.1 Å². The molecule has 0 saturated heterocycles. The zero-order valence-corrected chi connectivity index (χ0v) is 13.3. The van der Waals surface area contributed by atoms with Gasteiger partial charge in [0.05, 0.1) is 6.61 Å². The highest BCUT2D eigenvalue weighted by molar-refractivity contribution is 5.27. The van der Waals surface area contributed by atoms with Gasteiger partial charge in [-0.25, -0.2) is 0 Å². The molecule has 0 radical (unpaired) electrons. The number of benzene rings is 1. The molecule has 1 heterocycles. The van der Waals surface area contributed by atoms with Crippen molar-refractivity contribution in [2.75, 3.05) is 6.61 Å². The van der Waals surface area contributed by atoms with E-state index in [0.29, 0.717) is 5.88 Å². The lowest BCUT2D eigenvalue weighted by molar-refractivity contribution is 0.297. The molecule has 0 bridgehead atoms. The number of aromatic nitrogens is 2. The minimum Gasteiger partial charge on any atom is -0.477 e. The molecule has 2 aromatic rings. The Morgan fingerprint density at radius 2 is 2.00 bits per heavy atom. The number of aromatic amines is 1. The molecule has 0 unspecified atom stereocenters. The predicted octanol–water partition coefficient (Wildman–Crippen LogP) is 3.43. The van der Waals surface area contributed by atoms with Crippen LogP contribution in [0.15, 0.2) is 30.3 Å². The molecule has 1 aliphatic carbocycles. The monoisotopic (exact) mass is 299 g/mol. The SMILES string of the molecule is CCCCOc1cc(Cc2ccc(CNC3CC3)cc2)[nH]n1. The average Bonchev–Trinajstić information content (AvgIpc) is 3.27. The first kappa shape index (κ1) is 15.1. The van der Waals surface area contributed by atoms with Crippen molar-refractivity contribution < 1.29 is 4.74 Å². The molecule has 0 amide bonds. The molecule has 1 saturated carbocycles. The Kier molecular flexibility index (Phi) is 5.11. The molecule has 1 aromatic carbocycles. The molecule has 1 fully saturated rings. The van der Waals surface area contributed by atoms with E-state index in [2.05, 4.69) is 46.7 Å². The third kappa shape index (κ3) is 4.60. The normalized spacial score (nSPS) is 14.2. The molecule has 4 nitrogen and oxygen atoms in total. The summed E-state index contributed by atoms with van der Waals surface area (Å²) in [5, 5.41) is 10.8. The van der Waals surface area contributed by atoms with E-state index in [0.717, 1.165) is 44.1 Å². The van der Waals surface area contributed by atoms with E-state index in [9.17, 15) is 0 Å². The summed E-state index contributed by atoms with van der Waals surface area (Å²) >= 11 is 0. The lowest BCUT2D eigenvalue weighted by Gasteiger charge is -2.04. The van der Waals surface area contributed by atoms with Crippen LogP contribution in [0.2, 0.25) is 0 Å². The van der Waals surface area contributed by atoms with E-state index in [4.69, 9.17) is 4.74 Å². The fraction of sp³-hybridized carbons (Fsp3) is 0.500. The standard InChI is InChI=1S/C18H25N3O/c1-2-3-10-22-18-12-17(20-21-18)11-14-4-6-15(7-5-14)13-19-16-8-9-16/h4-7,12,16,19H,2-3,8-11,13H2,1H3,(H,20,21). The van der Waals surface area contributed by atoms with Crippen molar-refractivity contribution in [2.24, 2.45) is 0 Å². The average molecular weight is 299 g/mol. The van der Waals surface area contributed by atoms with E-state index >= 15 is 0 Å². The fourth-order valence-electron chi connectivity index (χ4n) is 2.37. The zero-order chi connectivity index (χ0) is 15.2. The molecule has 2 N–H and O–H groups in total. The molecule has 1 aliphatic rings. The van der Waals surface area contributed by atoms with Crippen molar-refractivity contribution in [3.63, 3.8) is 0 Å². The van der Waals surface area contributed by atoms with Crippen molar-refractivity contribution in [2.45, 2.75) is 51.6 Å². The van der Waals surface area contributed by atoms with Gasteiger partial charge in [0.25, 0.3) is 0 Å². The second kappa shape index (κ2) is 7.45. The lowest BCUT2D eigenvalue weighted by atomic mass is 10.1. The van der Waals surface area contributed by atoms with Gasteiger partial charge in [0.15, 0.2) is 0 Å². The Morgan fingerprint density at radius 1 is 1.23 bits per heavy atom. The number of H-pyrrole nitrogens is 1. The second-order valence-corrected chi connectivity index (χ2v) is 6.08. The Morgan fingerprint density at radius 3 is 2.73 bits per heavy atom. The van der Waals surface area contributed by atoms with Crippen molar-refractivity contribution in [3.05, 3.63) is 47.2 Å². The summed E-state index contributed by atoms with van der Waals surface area (Å²) in [5.41, 5.74) is 3.73.